The molecular weight excluding hydrogens is 542 g/mol. The van der Waals surface area contributed by atoms with E-state index < -0.39 is 28.5 Å². The summed E-state index contributed by atoms with van der Waals surface area (Å²) in [6.45, 7) is 5.82. The van der Waals surface area contributed by atoms with Crippen molar-refractivity contribution in [3.63, 3.8) is 0 Å². The van der Waals surface area contributed by atoms with Gasteiger partial charge in [0.25, 0.3) is 10.0 Å². The zero-order valence-corrected chi connectivity index (χ0v) is 25.1. The molecule has 1 unspecified atom stereocenters. The first kappa shape index (κ1) is 31.5. The number of nitrogens with one attached hydrogen (secondary N) is 1. The van der Waals surface area contributed by atoms with Crippen molar-refractivity contribution in [3.8, 4) is 11.5 Å². The number of nitrogens with zero attached hydrogens (tertiary/aromatic N) is 2. The molecule has 0 radical (unpaired) electrons. The van der Waals surface area contributed by atoms with Gasteiger partial charge in [-0.2, -0.15) is 0 Å². The summed E-state index contributed by atoms with van der Waals surface area (Å²) < 4.78 is 40.0. The molecule has 10 heteroatoms. The fraction of sp³-hybridized carbons (Fsp3) is 0.355. The highest BCUT2D eigenvalue weighted by Crippen LogP contribution is 2.36. The van der Waals surface area contributed by atoms with Crippen LogP contribution >= 0.6 is 0 Å². The minimum atomic E-state index is -4.24. The van der Waals surface area contributed by atoms with Gasteiger partial charge >= 0.3 is 0 Å². The van der Waals surface area contributed by atoms with E-state index in [0.717, 1.165) is 9.87 Å². The summed E-state index contributed by atoms with van der Waals surface area (Å²) in [7, 11) is -1.34. The molecule has 3 aromatic carbocycles. The van der Waals surface area contributed by atoms with Crippen LogP contribution in [0.15, 0.2) is 83.8 Å². The van der Waals surface area contributed by atoms with Gasteiger partial charge in [-0.05, 0) is 42.2 Å². The van der Waals surface area contributed by atoms with Crippen molar-refractivity contribution in [2.45, 2.75) is 44.7 Å². The largest absolute Gasteiger partial charge is 0.497 e. The number of sulfonamides is 1. The highest BCUT2D eigenvalue weighted by atomic mass is 32.2. The fourth-order valence-corrected chi connectivity index (χ4v) is 5.78. The SMILES string of the molecule is CCC(C(=O)NCC(C)C)N(Cc1ccccc1)C(=O)CN(c1cc(OC)ccc1OC)S(=O)(=O)c1ccccc1. The van der Waals surface area contributed by atoms with Gasteiger partial charge in [0, 0.05) is 19.2 Å². The third kappa shape index (κ3) is 8.00. The molecule has 3 rings (SSSR count). The van der Waals surface area contributed by atoms with E-state index in [0.29, 0.717) is 18.7 Å². The molecule has 0 bridgehead atoms. The second-order valence-corrected chi connectivity index (χ2v) is 11.8. The first-order valence-corrected chi connectivity index (χ1v) is 15.0. The molecule has 1 N–H and O–H groups in total. The highest BCUT2D eigenvalue weighted by Gasteiger charge is 2.35. The second-order valence-electron chi connectivity index (χ2n) is 9.93. The zero-order valence-electron chi connectivity index (χ0n) is 24.2. The molecule has 0 aromatic heterocycles. The van der Waals surface area contributed by atoms with Crippen molar-refractivity contribution in [1.82, 2.24) is 10.2 Å². The predicted molar refractivity (Wildman–Crippen MR) is 159 cm³/mol. The Hall–Kier alpha value is -4.05. The van der Waals surface area contributed by atoms with Gasteiger partial charge in [0.2, 0.25) is 11.8 Å². The molecule has 0 aliphatic heterocycles. The third-order valence-electron chi connectivity index (χ3n) is 6.53. The van der Waals surface area contributed by atoms with Gasteiger partial charge in [-0.15, -0.1) is 0 Å². The predicted octanol–water partition coefficient (Wildman–Crippen LogP) is 4.48. The Kier molecular flexibility index (Phi) is 11.2. The Balaban J connectivity index is 2.11. The molecule has 0 aliphatic rings. The maximum Gasteiger partial charge on any atom is 0.264 e. The number of hydrogen-bond acceptors (Lipinski definition) is 6. The van der Waals surface area contributed by atoms with E-state index in [2.05, 4.69) is 5.32 Å². The lowest BCUT2D eigenvalue weighted by atomic mass is 10.1. The molecule has 0 spiro atoms. The normalized spacial score (nSPS) is 12.0. The van der Waals surface area contributed by atoms with Crippen LogP contribution in [0.4, 0.5) is 5.69 Å². The summed E-state index contributed by atoms with van der Waals surface area (Å²) in [5.41, 5.74) is 0.952. The van der Waals surface area contributed by atoms with Crippen molar-refractivity contribution in [3.05, 3.63) is 84.4 Å². The van der Waals surface area contributed by atoms with Crippen LogP contribution in [0.25, 0.3) is 0 Å². The van der Waals surface area contributed by atoms with E-state index in [1.807, 2.05) is 51.1 Å². The van der Waals surface area contributed by atoms with E-state index >= 15 is 0 Å². The molecule has 220 valence electrons. The first-order chi connectivity index (χ1) is 19.6. The highest BCUT2D eigenvalue weighted by molar-refractivity contribution is 7.92. The average Bonchev–Trinajstić information content (AvgIpc) is 2.99. The Morgan fingerprint density at radius 2 is 1.54 bits per heavy atom. The van der Waals surface area contributed by atoms with Crippen molar-refractivity contribution in [1.29, 1.82) is 0 Å². The Morgan fingerprint density at radius 3 is 2.10 bits per heavy atom. The summed E-state index contributed by atoms with van der Waals surface area (Å²) in [6.07, 6.45) is 0.344. The van der Waals surface area contributed by atoms with Crippen molar-refractivity contribution in [2.75, 3.05) is 31.6 Å². The fourth-order valence-electron chi connectivity index (χ4n) is 4.35. The smallest absolute Gasteiger partial charge is 0.264 e. The van der Waals surface area contributed by atoms with Crippen molar-refractivity contribution in [2.24, 2.45) is 5.92 Å². The molecule has 1 atom stereocenters. The molecule has 3 aromatic rings. The molecule has 9 nitrogen and oxygen atoms in total. The zero-order chi connectivity index (χ0) is 30.0. The maximum atomic E-state index is 14.2. The van der Waals surface area contributed by atoms with E-state index in [1.54, 1.807) is 30.3 Å². The van der Waals surface area contributed by atoms with Crippen LogP contribution in [-0.2, 0) is 26.2 Å². The molecule has 2 amide bonds. The van der Waals surface area contributed by atoms with E-state index in [1.165, 1.54) is 37.3 Å². The number of rotatable bonds is 14. The number of amides is 2. The lowest BCUT2D eigenvalue weighted by molar-refractivity contribution is -0.140. The van der Waals surface area contributed by atoms with Crippen LogP contribution in [-0.4, -0.2) is 58.5 Å². The van der Waals surface area contributed by atoms with Gasteiger partial charge in [-0.1, -0.05) is 69.3 Å². The summed E-state index contributed by atoms with van der Waals surface area (Å²) >= 11 is 0. The molecule has 0 saturated carbocycles. The average molecular weight is 582 g/mol. The molecule has 41 heavy (non-hydrogen) atoms. The van der Waals surface area contributed by atoms with Crippen LogP contribution in [0, 0.1) is 5.92 Å². The van der Waals surface area contributed by atoms with Gasteiger partial charge in [0.05, 0.1) is 24.8 Å². The molecule has 0 aliphatic carbocycles. The summed E-state index contributed by atoms with van der Waals surface area (Å²) in [5, 5.41) is 2.93. The Bertz CT molecular complexity index is 1400. The Labute approximate surface area is 243 Å². The lowest BCUT2D eigenvalue weighted by Crippen LogP contribution is -2.52. The quantitative estimate of drug-likeness (QED) is 0.301. The van der Waals surface area contributed by atoms with Crippen LogP contribution in [0.2, 0.25) is 0 Å². The van der Waals surface area contributed by atoms with E-state index in [9.17, 15) is 18.0 Å². The van der Waals surface area contributed by atoms with Crippen LogP contribution in [0.3, 0.4) is 0 Å². The maximum absolute atomic E-state index is 14.2. The van der Waals surface area contributed by atoms with Crippen LogP contribution in [0.1, 0.15) is 32.8 Å². The van der Waals surface area contributed by atoms with Gasteiger partial charge in [-0.3, -0.25) is 13.9 Å². The van der Waals surface area contributed by atoms with Crippen LogP contribution < -0.4 is 19.1 Å². The minimum Gasteiger partial charge on any atom is -0.497 e. The van der Waals surface area contributed by atoms with Gasteiger partial charge in [0.15, 0.2) is 0 Å². The number of carbonyl (C=O) groups excluding carboxylic acids is 2. The van der Waals surface area contributed by atoms with E-state index in [4.69, 9.17) is 9.47 Å². The van der Waals surface area contributed by atoms with Gasteiger partial charge in [0.1, 0.15) is 24.1 Å². The number of hydrogen-bond donors (Lipinski definition) is 1. The molecule has 0 heterocycles. The summed E-state index contributed by atoms with van der Waals surface area (Å²) in [5.74, 6) is 0.0324. The minimum absolute atomic E-state index is 0.00833. The molecule has 0 saturated heterocycles. The van der Waals surface area contributed by atoms with Gasteiger partial charge < -0.3 is 19.7 Å². The number of benzene rings is 3. The van der Waals surface area contributed by atoms with Gasteiger partial charge in [-0.25, -0.2) is 8.42 Å². The summed E-state index contributed by atoms with van der Waals surface area (Å²) in [6, 6.07) is 21.1. The third-order valence-corrected chi connectivity index (χ3v) is 8.30. The van der Waals surface area contributed by atoms with E-state index in [-0.39, 0.29) is 34.7 Å². The first-order valence-electron chi connectivity index (χ1n) is 13.5. The van der Waals surface area contributed by atoms with Crippen molar-refractivity contribution < 1.29 is 27.5 Å². The Morgan fingerprint density at radius 1 is 0.902 bits per heavy atom. The molecule has 0 fully saturated rings. The number of carbonyl (C=O) groups is 2. The lowest BCUT2D eigenvalue weighted by Gasteiger charge is -2.33. The number of methoxy groups -OCH3 is 2. The number of ether oxygens (including phenoxy) is 2. The van der Waals surface area contributed by atoms with Crippen molar-refractivity contribution >= 4 is 27.5 Å². The molecular formula is C31H39N3O6S. The topological polar surface area (TPSA) is 105 Å². The standard InChI is InChI=1S/C31H39N3O6S/c1-6-27(31(36)32-20-23(2)3)33(21-24-13-9-7-10-14-24)30(35)22-34(41(37,38)26-15-11-8-12-16-26)28-19-25(39-4)17-18-29(28)40-5/h7-19,23,27H,6,20-22H2,1-5H3,(H,32,36). The summed E-state index contributed by atoms with van der Waals surface area (Å²) in [4.78, 5) is 28.9. The van der Waals surface area contributed by atoms with Crippen LogP contribution in [0.5, 0.6) is 11.5 Å². The second kappa shape index (κ2) is 14.5. The monoisotopic (exact) mass is 581 g/mol. The number of anilines is 1.